The summed E-state index contributed by atoms with van der Waals surface area (Å²) in [4.78, 5) is 60.5. The second-order valence-corrected chi connectivity index (χ2v) is 14.7. The molecule has 2 amide bonds. The second-order valence-electron chi connectivity index (χ2n) is 14.7. The molecule has 0 radical (unpaired) electrons. The van der Waals surface area contributed by atoms with Gasteiger partial charge in [-0.25, -0.2) is 9.78 Å². The molecule has 0 saturated carbocycles. The zero-order chi connectivity index (χ0) is 43.9. The van der Waals surface area contributed by atoms with Gasteiger partial charge in [-0.3, -0.25) is 29.3 Å². The van der Waals surface area contributed by atoms with E-state index in [1.54, 1.807) is 52.4 Å². The highest BCUT2D eigenvalue weighted by atomic mass is 17.5. The Labute approximate surface area is 362 Å². The van der Waals surface area contributed by atoms with Crippen LogP contribution in [-0.4, -0.2) is 82.4 Å². The third-order valence-electron chi connectivity index (χ3n) is 10.7. The Balaban J connectivity index is 1.00. The number of fused-ring (bicyclic) bond motifs is 5. The lowest BCUT2D eigenvalue weighted by molar-refractivity contribution is -0.512. The summed E-state index contributed by atoms with van der Waals surface area (Å²) in [6.45, 7) is 4.18. The molecule has 1 atom stereocenters. The summed E-state index contributed by atoms with van der Waals surface area (Å²) in [5, 5.41) is 13.3. The summed E-state index contributed by atoms with van der Waals surface area (Å²) in [7, 11) is 3.01. The number of para-hydroxylation sites is 2. The van der Waals surface area contributed by atoms with Gasteiger partial charge in [-0.1, -0.05) is 41.4 Å². The fourth-order valence-corrected chi connectivity index (χ4v) is 7.73. The minimum absolute atomic E-state index is 0.0409. The van der Waals surface area contributed by atoms with Gasteiger partial charge in [0.2, 0.25) is 0 Å². The molecule has 0 saturated heterocycles. The predicted molar refractivity (Wildman–Crippen MR) is 232 cm³/mol. The minimum Gasteiger partial charge on any atom is -0.493 e. The van der Waals surface area contributed by atoms with E-state index in [1.807, 2.05) is 54.6 Å². The number of benzene rings is 5. The minimum atomic E-state index is -1.03. The van der Waals surface area contributed by atoms with Gasteiger partial charge in [0.05, 0.1) is 55.8 Å². The van der Waals surface area contributed by atoms with Gasteiger partial charge in [-0.2, -0.15) is 0 Å². The molecule has 324 valence electrons. The van der Waals surface area contributed by atoms with E-state index in [1.165, 1.54) is 14.2 Å². The third kappa shape index (κ3) is 9.33. The number of hydrogen-bond donors (Lipinski definition) is 1. The van der Waals surface area contributed by atoms with Crippen molar-refractivity contribution in [2.24, 2.45) is 9.98 Å². The first-order chi connectivity index (χ1) is 30.7. The maximum absolute atomic E-state index is 13.9. The van der Waals surface area contributed by atoms with Gasteiger partial charge in [-0.15, -0.1) is 0 Å². The second kappa shape index (κ2) is 19.2. The van der Waals surface area contributed by atoms with Crippen LogP contribution in [0.1, 0.15) is 49.4 Å². The summed E-state index contributed by atoms with van der Waals surface area (Å²) < 4.78 is 30.1. The van der Waals surface area contributed by atoms with Crippen molar-refractivity contribution in [1.82, 2.24) is 0 Å². The average Bonchev–Trinajstić information content (AvgIpc) is 3.88. The molecule has 63 heavy (non-hydrogen) atoms. The molecule has 0 aliphatic carbocycles. The zero-order valence-electron chi connectivity index (χ0n) is 34.6. The Morgan fingerprint density at radius 1 is 0.794 bits per heavy atom. The smallest absolute Gasteiger partial charge is 0.305 e. The van der Waals surface area contributed by atoms with Crippen molar-refractivity contribution in [2.75, 3.05) is 50.4 Å². The lowest BCUT2D eigenvalue weighted by Crippen LogP contribution is -2.37. The molecule has 16 nitrogen and oxygen atoms in total. The van der Waals surface area contributed by atoms with Crippen LogP contribution in [0.2, 0.25) is 0 Å². The lowest BCUT2D eigenvalue weighted by Gasteiger charge is -2.22. The van der Waals surface area contributed by atoms with Crippen molar-refractivity contribution < 1.29 is 58.0 Å². The molecule has 5 aromatic rings. The Bertz CT molecular complexity index is 2580. The fourth-order valence-electron chi connectivity index (χ4n) is 7.73. The van der Waals surface area contributed by atoms with E-state index in [-0.39, 0.29) is 57.3 Å². The summed E-state index contributed by atoms with van der Waals surface area (Å²) in [6, 6.07) is 27.5. The molecule has 8 rings (SSSR count). The van der Waals surface area contributed by atoms with Crippen molar-refractivity contribution in [1.29, 1.82) is 0 Å². The highest BCUT2D eigenvalue weighted by Crippen LogP contribution is 2.42. The number of carbonyl (C=O) groups excluding carboxylic acids is 2. The Morgan fingerprint density at radius 3 is 2.21 bits per heavy atom. The third-order valence-corrected chi connectivity index (χ3v) is 10.7. The Morgan fingerprint density at radius 2 is 1.48 bits per heavy atom. The van der Waals surface area contributed by atoms with Gasteiger partial charge in [0.1, 0.15) is 32.2 Å². The van der Waals surface area contributed by atoms with Crippen LogP contribution in [-0.2, 0) is 45.7 Å². The molecular weight excluding hydrogens is 813 g/mol. The van der Waals surface area contributed by atoms with Crippen molar-refractivity contribution >= 4 is 53.5 Å². The molecule has 16 heteroatoms. The van der Waals surface area contributed by atoms with E-state index in [2.05, 4.69) is 16.7 Å². The molecule has 1 unspecified atom stereocenters. The van der Waals surface area contributed by atoms with E-state index < -0.39 is 5.97 Å². The van der Waals surface area contributed by atoms with Gasteiger partial charge in [0.25, 0.3) is 11.8 Å². The SMILES string of the molecule is C=Nc1cc(OCc2cc(COc3cc4c(cc3OC)C(=O)N3c5ccccc5CC3C=N4)cc(OCCOOOCCC(=O)O)c2)c(OC)cc1C(=O)N1CCc2ccccc21. The summed E-state index contributed by atoms with van der Waals surface area (Å²) >= 11 is 0. The Kier molecular flexibility index (Phi) is 12.9. The fraction of sp³-hybridized carbons (Fsp3) is 0.255. The number of nitrogens with zero attached hydrogens (tertiary/aromatic N) is 4. The quantitative estimate of drug-likeness (QED) is 0.0377. The number of amides is 2. The normalized spacial score (nSPS) is 14.6. The van der Waals surface area contributed by atoms with Gasteiger partial charge in [0, 0.05) is 42.7 Å². The number of carboxylic acids is 1. The van der Waals surface area contributed by atoms with E-state index in [9.17, 15) is 14.4 Å². The van der Waals surface area contributed by atoms with Gasteiger partial charge >= 0.3 is 5.97 Å². The molecule has 0 fully saturated rings. The number of anilines is 2. The number of carbonyl (C=O) groups is 3. The topological polar surface area (TPSA) is 176 Å². The van der Waals surface area contributed by atoms with Crippen LogP contribution >= 0.6 is 0 Å². The number of ether oxygens (including phenoxy) is 5. The number of hydrogen-bond acceptors (Lipinski definition) is 13. The molecular formula is C47H44N4O12. The average molecular weight is 857 g/mol. The van der Waals surface area contributed by atoms with E-state index in [0.717, 1.165) is 28.9 Å². The van der Waals surface area contributed by atoms with Crippen LogP contribution in [0.4, 0.5) is 22.7 Å². The molecule has 1 N–H and O–H groups in total. The maximum atomic E-state index is 13.9. The lowest BCUT2D eigenvalue weighted by atomic mass is 10.1. The maximum Gasteiger partial charge on any atom is 0.305 e. The van der Waals surface area contributed by atoms with Crippen LogP contribution in [0, 0.1) is 0 Å². The van der Waals surface area contributed by atoms with Gasteiger partial charge in [-0.05, 0) is 77.9 Å². The first-order valence-corrected chi connectivity index (χ1v) is 20.1. The molecule has 0 spiro atoms. The first-order valence-electron chi connectivity index (χ1n) is 20.1. The molecule has 3 aliphatic rings. The molecule has 0 bridgehead atoms. The van der Waals surface area contributed by atoms with E-state index in [4.69, 9.17) is 43.6 Å². The molecule has 3 aliphatic heterocycles. The number of aliphatic imine (C=N–C) groups is 2. The largest absolute Gasteiger partial charge is 0.493 e. The molecule has 5 aromatic carbocycles. The van der Waals surface area contributed by atoms with E-state index >= 15 is 0 Å². The highest BCUT2D eigenvalue weighted by Gasteiger charge is 2.36. The summed E-state index contributed by atoms with van der Waals surface area (Å²) in [5.41, 5.74) is 6.81. The summed E-state index contributed by atoms with van der Waals surface area (Å²) in [6.07, 6.45) is 2.97. The van der Waals surface area contributed by atoms with Crippen LogP contribution in [0.5, 0.6) is 28.7 Å². The van der Waals surface area contributed by atoms with Gasteiger partial charge in [0.15, 0.2) is 23.0 Å². The first kappa shape index (κ1) is 42.4. The van der Waals surface area contributed by atoms with Crippen LogP contribution in [0.3, 0.4) is 0 Å². The number of carboxylic acid groups (broad SMARTS) is 1. The monoisotopic (exact) mass is 856 g/mol. The predicted octanol–water partition coefficient (Wildman–Crippen LogP) is 7.42. The van der Waals surface area contributed by atoms with Crippen LogP contribution < -0.4 is 33.5 Å². The van der Waals surface area contributed by atoms with Crippen LogP contribution in [0.25, 0.3) is 0 Å². The van der Waals surface area contributed by atoms with Crippen molar-refractivity contribution in [3.8, 4) is 28.7 Å². The van der Waals surface area contributed by atoms with Crippen molar-refractivity contribution in [2.45, 2.75) is 38.5 Å². The highest BCUT2D eigenvalue weighted by molar-refractivity contribution is 6.15. The van der Waals surface area contributed by atoms with Crippen molar-refractivity contribution in [3.05, 3.63) is 124 Å². The zero-order valence-corrected chi connectivity index (χ0v) is 34.6. The number of methoxy groups -OCH3 is 2. The summed E-state index contributed by atoms with van der Waals surface area (Å²) in [5.74, 6) is 0.417. The molecule has 0 aromatic heterocycles. The molecule has 3 heterocycles. The number of aliphatic carboxylic acids is 1. The standard InChI is InChI=1S/C47H44N4O12/c1-48-37-24-43(41(56-2)22-35(37)46(54)50-14-12-31-8-4-6-10-39(31)50)59-27-29-18-30(20-34(19-29)58-16-17-62-63-61-15-13-45(52)53)28-60-44-25-38-36(23-42(44)57-3)47(55)51-33(26-49-38)21-32-9-5-7-11-40(32)51/h4-11,18-20,22-26,33H,1,12-17,21,27-28H2,2-3H3,(H,52,53). The van der Waals surface area contributed by atoms with E-state index in [0.29, 0.717) is 75.3 Å². The number of rotatable bonds is 19. The Hall–Kier alpha value is -7.27. The van der Waals surface area contributed by atoms with Crippen molar-refractivity contribution in [3.63, 3.8) is 0 Å². The van der Waals surface area contributed by atoms with Crippen LogP contribution in [0.15, 0.2) is 101 Å². The van der Waals surface area contributed by atoms with Gasteiger partial charge < -0.3 is 33.7 Å².